The summed E-state index contributed by atoms with van der Waals surface area (Å²) in [4.78, 5) is 27.9. The highest BCUT2D eigenvalue weighted by molar-refractivity contribution is 6.09. The lowest BCUT2D eigenvalue weighted by atomic mass is 10.0. The first kappa shape index (κ1) is 17.0. The van der Waals surface area contributed by atoms with Crippen LogP contribution in [0.25, 0.3) is 10.9 Å². The van der Waals surface area contributed by atoms with Gasteiger partial charge in [-0.2, -0.15) is 0 Å². The molecule has 3 rings (SSSR count). The number of para-hydroxylation sites is 1. The van der Waals surface area contributed by atoms with Gasteiger partial charge in [-0.1, -0.05) is 37.3 Å². The summed E-state index contributed by atoms with van der Waals surface area (Å²) < 4.78 is 5.25. The van der Waals surface area contributed by atoms with Gasteiger partial charge in [0.05, 0.1) is 5.56 Å². The van der Waals surface area contributed by atoms with Crippen molar-refractivity contribution in [3.8, 4) is 0 Å². The average Bonchev–Trinajstić information content (AvgIpc) is 3.06. The van der Waals surface area contributed by atoms with E-state index in [2.05, 4.69) is 11.9 Å². The zero-order chi connectivity index (χ0) is 18.0. The Morgan fingerprint density at radius 2 is 1.80 bits per heavy atom. The van der Waals surface area contributed by atoms with Gasteiger partial charge in [0.25, 0.3) is 0 Å². The number of aryl methyl sites for hydroxylation is 2. The standard InChI is InChI=1S/C21H21NO3/c1-4-15-8-6-10-17-18(11-22-20(15)17)19(23)12-25-21(24)16-9-5-7-13(2)14(16)3/h5-11,22H,4,12H2,1-3H3. The summed E-state index contributed by atoms with van der Waals surface area (Å²) in [6, 6.07) is 11.3. The number of aromatic nitrogens is 1. The molecule has 2 aromatic carbocycles. The fraction of sp³-hybridized carbons (Fsp3) is 0.238. The van der Waals surface area contributed by atoms with Crippen LogP contribution in [-0.2, 0) is 11.2 Å². The van der Waals surface area contributed by atoms with Gasteiger partial charge in [0, 0.05) is 22.7 Å². The highest BCUT2D eigenvalue weighted by Crippen LogP contribution is 2.23. The van der Waals surface area contributed by atoms with Crippen LogP contribution in [0.1, 0.15) is 44.3 Å². The van der Waals surface area contributed by atoms with E-state index in [1.54, 1.807) is 12.3 Å². The average molecular weight is 335 g/mol. The maximum absolute atomic E-state index is 12.5. The molecule has 0 aliphatic carbocycles. The highest BCUT2D eigenvalue weighted by Gasteiger charge is 2.17. The topological polar surface area (TPSA) is 59.2 Å². The molecule has 0 atom stereocenters. The second-order valence-corrected chi connectivity index (χ2v) is 6.14. The molecule has 4 heteroatoms. The molecular weight excluding hydrogens is 314 g/mol. The summed E-state index contributed by atoms with van der Waals surface area (Å²) in [6.45, 7) is 5.62. The molecule has 0 amide bonds. The van der Waals surface area contributed by atoms with E-state index in [0.717, 1.165) is 34.0 Å². The lowest BCUT2D eigenvalue weighted by Crippen LogP contribution is -2.15. The van der Waals surface area contributed by atoms with Crippen LogP contribution in [-0.4, -0.2) is 23.3 Å². The van der Waals surface area contributed by atoms with Crippen LogP contribution in [0.15, 0.2) is 42.6 Å². The first-order valence-corrected chi connectivity index (χ1v) is 8.38. The third-order valence-corrected chi connectivity index (χ3v) is 4.64. The summed E-state index contributed by atoms with van der Waals surface area (Å²) in [5, 5.41) is 0.868. The SMILES string of the molecule is CCc1cccc2c(C(=O)COC(=O)c3cccc(C)c3C)c[nH]c12. The Labute approximate surface area is 146 Å². The molecule has 0 bridgehead atoms. The number of aromatic amines is 1. The first-order valence-electron chi connectivity index (χ1n) is 8.38. The summed E-state index contributed by atoms with van der Waals surface area (Å²) >= 11 is 0. The number of nitrogens with one attached hydrogen (secondary N) is 1. The number of H-pyrrole nitrogens is 1. The quantitative estimate of drug-likeness (QED) is 0.556. The van der Waals surface area contributed by atoms with Crippen molar-refractivity contribution in [2.75, 3.05) is 6.61 Å². The van der Waals surface area contributed by atoms with Gasteiger partial charge in [-0.15, -0.1) is 0 Å². The Kier molecular flexibility index (Phi) is 4.70. The van der Waals surface area contributed by atoms with E-state index in [9.17, 15) is 9.59 Å². The van der Waals surface area contributed by atoms with E-state index in [1.165, 1.54) is 0 Å². The van der Waals surface area contributed by atoms with Crippen LogP contribution in [0.5, 0.6) is 0 Å². The number of hydrogen-bond acceptors (Lipinski definition) is 3. The maximum Gasteiger partial charge on any atom is 0.338 e. The molecule has 0 saturated carbocycles. The van der Waals surface area contributed by atoms with E-state index in [-0.39, 0.29) is 12.4 Å². The number of Topliss-reactive ketones (excluding diaryl/α,β-unsaturated/α-hetero) is 1. The van der Waals surface area contributed by atoms with Crippen molar-refractivity contribution in [2.45, 2.75) is 27.2 Å². The predicted molar refractivity (Wildman–Crippen MR) is 98.2 cm³/mol. The summed E-state index contributed by atoms with van der Waals surface area (Å²) in [7, 11) is 0. The van der Waals surface area contributed by atoms with E-state index >= 15 is 0 Å². The summed E-state index contributed by atoms with van der Waals surface area (Å²) in [5.41, 5.74) is 5.07. The zero-order valence-electron chi connectivity index (χ0n) is 14.7. The van der Waals surface area contributed by atoms with Crippen molar-refractivity contribution in [2.24, 2.45) is 0 Å². The van der Waals surface area contributed by atoms with Crippen molar-refractivity contribution in [1.29, 1.82) is 0 Å². The summed E-state index contributed by atoms with van der Waals surface area (Å²) in [6.07, 6.45) is 2.57. The normalized spacial score (nSPS) is 10.8. The number of ketones is 1. The van der Waals surface area contributed by atoms with Crippen molar-refractivity contribution < 1.29 is 14.3 Å². The highest BCUT2D eigenvalue weighted by atomic mass is 16.5. The lowest BCUT2D eigenvalue weighted by Gasteiger charge is -2.08. The molecule has 0 unspecified atom stereocenters. The molecule has 25 heavy (non-hydrogen) atoms. The Morgan fingerprint density at radius 3 is 2.56 bits per heavy atom. The molecule has 1 N–H and O–H groups in total. The fourth-order valence-corrected chi connectivity index (χ4v) is 3.00. The monoisotopic (exact) mass is 335 g/mol. The molecule has 4 nitrogen and oxygen atoms in total. The molecule has 0 spiro atoms. The fourth-order valence-electron chi connectivity index (χ4n) is 3.00. The third kappa shape index (κ3) is 3.20. The van der Waals surface area contributed by atoms with Gasteiger partial charge in [0.15, 0.2) is 6.61 Å². The molecule has 0 aliphatic heterocycles. The molecule has 1 aromatic heterocycles. The van der Waals surface area contributed by atoms with Crippen molar-refractivity contribution >= 4 is 22.7 Å². The van der Waals surface area contributed by atoms with Crippen molar-refractivity contribution in [3.63, 3.8) is 0 Å². The number of hydrogen-bond donors (Lipinski definition) is 1. The van der Waals surface area contributed by atoms with Gasteiger partial charge in [0.2, 0.25) is 5.78 Å². The Morgan fingerprint density at radius 1 is 1.04 bits per heavy atom. The van der Waals surface area contributed by atoms with Gasteiger partial charge in [-0.25, -0.2) is 4.79 Å². The summed E-state index contributed by atoms with van der Waals surface area (Å²) in [5.74, 6) is -0.679. The second kappa shape index (κ2) is 6.93. The van der Waals surface area contributed by atoms with Crippen LogP contribution >= 0.6 is 0 Å². The minimum absolute atomic E-state index is 0.210. The number of ether oxygens (including phenoxy) is 1. The van der Waals surface area contributed by atoms with E-state index < -0.39 is 5.97 Å². The molecule has 0 saturated heterocycles. The molecule has 3 aromatic rings. The molecule has 0 radical (unpaired) electrons. The van der Waals surface area contributed by atoms with Gasteiger partial charge < -0.3 is 9.72 Å². The van der Waals surface area contributed by atoms with E-state index in [4.69, 9.17) is 4.74 Å². The molecule has 0 fully saturated rings. The number of rotatable bonds is 5. The van der Waals surface area contributed by atoms with Crippen LogP contribution in [0, 0.1) is 13.8 Å². The lowest BCUT2D eigenvalue weighted by molar-refractivity contribution is 0.0474. The second-order valence-electron chi connectivity index (χ2n) is 6.14. The van der Waals surface area contributed by atoms with Crippen LogP contribution < -0.4 is 0 Å². The number of carbonyl (C=O) groups excluding carboxylic acids is 2. The number of esters is 1. The Bertz CT molecular complexity index is 953. The minimum Gasteiger partial charge on any atom is -0.454 e. The Hall–Kier alpha value is -2.88. The van der Waals surface area contributed by atoms with Gasteiger partial charge in [0.1, 0.15) is 0 Å². The predicted octanol–water partition coefficient (Wildman–Crippen LogP) is 4.39. The van der Waals surface area contributed by atoms with Gasteiger partial charge >= 0.3 is 5.97 Å². The smallest absolute Gasteiger partial charge is 0.338 e. The van der Waals surface area contributed by atoms with Crippen molar-refractivity contribution in [1.82, 2.24) is 4.98 Å². The largest absolute Gasteiger partial charge is 0.454 e. The van der Waals surface area contributed by atoms with Crippen LogP contribution in [0.2, 0.25) is 0 Å². The van der Waals surface area contributed by atoms with Crippen LogP contribution in [0.3, 0.4) is 0 Å². The van der Waals surface area contributed by atoms with Crippen LogP contribution in [0.4, 0.5) is 0 Å². The molecular formula is C21H21NO3. The maximum atomic E-state index is 12.5. The number of benzene rings is 2. The van der Waals surface area contributed by atoms with E-state index in [0.29, 0.717) is 11.1 Å². The zero-order valence-corrected chi connectivity index (χ0v) is 14.7. The Balaban J connectivity index is 1.77. The molecule has 128 valence electrons. The molecule has 1 heterocycles. The van der Waals surface area contributed by atoms with Gasteiger partial charge in [-0.3, -0.25) is 4.79 Å². The van der Waals surface area contributed by atoms with Crippen molar-refractivity contribution in [3.05, 3.63) is 70.4 Å². The van der Waals surface area contributed by atoms with Gasteiger partial charge in [-0.05, 0) is 43.0 Å². The minimum atomic E-state index is -0.469. The number of carbonyl (C=O) groups is 2. The molecule has 0 aliphatic rings. The first-order chi connectivity index (χ1) is 12.0. The number of fused-ring (bicyclic) bond motifs is 1. The third-order valence-electron chi connectivity index (χ3n) is 4.64. The van der Waals surface area contributed by atoms with E-state index in [1.807, 2.05) is 44.2 Å².